The van der Waals surface area contributed by atoms with Gasteiger partial charge in [0.05, 0.1) is 10.6 Å². The maximum absolute atomic E-state index is 12.4. The Morgan fingerprint density at radius 3 is 2.87 bits per heavy atom. The van der Waals surface area contributed by atoms with Gasteiger partial charge < -0.3 is 24.2 Å². The zero-order valence-electron chi connectivity index (χ0n) is 16.8. The topological polar surface area (TPSA) is 86.6 Å². The van der Waals surface area contributed by atoms with Crippen LogP contribution in [-0.2, 0) is 21.0 Å². The van der Waals surface area contributed by atoms with Crippen LogP contribution in [0.5, 0.6) is 11.5 Å². The smallest absolute Gasteiger partial charge is 0.337 e. The Bertz CT molecular complexity index is 859. The monoisotopic (exact) mass is 435 g/mol. The number of hydrogen-bond acceptors (Lipinski definition) is 7. The summed E-state index contributed by atoms with van der Waals surface area (Å²) in [6.45, 7) is 0.379. The number of benzene rings is 1. The van der Waals surface area contributed by atoms with E-state index >= 15 is 0 Å². The summed E-state index contributed by atoms with van der Waals surface area (Å²) in [5.41, 5.74) is 0.677. The molecule has 1 aromatic rings. The number of halogens is 1. The van der Waals surface area contributed by atoms with E-state index in [1.165, 1.54) is 6.42 Å². The molecule has 2 aliphatic heterocycles. The molecule has 1 fully saturated rings. The van der Waals surface area contributed by atoms with Crippen molar-refractivity contribution in [3.05, 3.63) is 34.1 Å². The Labute approximate surface area is 180 Å². The van der Waals surface area contributed by atoms with Gasteiger partial charge in [0.1, 0.15) is 18.0 Å². The SMILES string of the molecule is O=C1OC2(CCCCC2)CC(O)=C1CCCC=NOCc1ccc2c(c1Cl)OCO2. The number of oxime groups is 1. The van der Waals surface area contributed by atoms with Crippen molar-refractivity contribution >= 4 is 23.8 Å². The number of carbonyl (C=O) groups is 1. The summed E-state index contributed by atoms with van der Waals surface area (Å²) in [4.78, 5) is 17.7. The van der Waals surface area contributed by atoms with E-state index in [0.29, 0.717) is 47.8 Å². The van der Waals surface area contributed by atoms with Crippen molar-refractivity contribution in [2.75, 3.05) is 6.79 Å². The highest BCUT2D eigenvalue weighted by atomic mass is 35.5. The number of esters is 1. The Morgan fingerprint density at radius 2 is 2.07 bits per heavy atom. The second-order valence-corrected chi connectivity index (χ2v) is 8.34. The summed E-state index contributed by atoms with van der Waals surface area (Å²) in [7, 11) is 0. The molecule has 7 nitrogen and oxygen atoms in total. The minimum Gasteiger partial charge on any atom is -0.512 e. The molecular formula is C22H26ClNO6. The highest BCUT2D eigenvalue weighted by Gasteiger charge is 2.42. The van der Waals surface area contributed by atoms with Crippen LogP contribution < -0.4 is 9.47 Å². The number of ether oxygens (including phenoxy) is 3. The summed E-state index contributed by atoms with van der Waals surface area (Å²) in [6, 6.07) is 3.60. The van der Waals surface area contributed by atoms with Crippen LogP contribution in [0.15, 0.2) is 28.6 Å². The van der Waals surface area contributed by atoms with Crippen LogP contribution in [0.3, 0.4) is 0 Å². The molecule has 1 saturated carbocycles. The molecule has 30 heavy (non-hydrogen) atoms. The molecule has 0 amide bonds. The van der Waals surface area contributed by atoms with Crippen molar-refractivity contribution in [3.63, 3.8) is 0 Å². The van der Waals surface area contributed by atoms with Crippen LogP contribution in [0.2, 0.25) is 5.02 Å². The highest BCUT2D eigenvalue weighted by Crippen LogP contribution is 2.42. The van der Waals surface area contributed by atoms with Crippen molar-refractivity contribution in [3.8, 4) is 11.5 Å². The maximum Gasteiger partial charge on any atom is 0.337 e. The summed E-state index contributed by atoms with van der Waals surface area (Å²) in [5, 5.41) is 14.8. The zero-order chi connectivity index (χ0) is 21.0. The molecule has 1 N–H and O–H groups in total. The highest BCUT2D eigenvalue weighted by molar-refractivity contribution is 6.33. The molecule has 1 aliphatic carbocycles. The van der Waals surface area contributed by atoms with Gasteiger partial charge in [-0.3, -0.25) is 0 Å². The van der Waals surface area contributed by atoms with Crippen LogP contribution in [0.4, 0.5) is 0 Å². The lowest BCUT2D eigenvalue weighted by atomic mass is 9.79. The van der Waals surface area contributed by atoms with E-state index in [0.717, 1.165) is 31.2 Å². The summed E-state index contributed by atoms with van der Waals surface area (Å²) < 4.78 is 16.3. The van der Waals surface area contributed by atoms with Gasteiger partial charge in [-0.25, -0.2) is 4.79 Å². The second kappa shape index (κ2) is 9.16. The fourth-order valence-corrected chi connectivity index (χ4v) is 4.48. The molecule has 2 heterocycles. The van der Waals surface area contributed by atoms with Gasteiger partial charge in [0.15, 0.2) is 11.5 Å². The fourth-order valence-electron chi connectivity index (χ4n) is 4.22. The standard InChI is InChI=1S/C22H26ClNO6/c23-19-15(7-8-18-20(19)28-14-27-18)13-29-24-11-5-2-6-16-17(25)12-22(30-21(16)26)9-3-1-4-10-22/h7-8,11,25H,1-6,9-10,12-14H2. The van der Waals surface area contributed by atoms with Gasteiger partial charge >= 0.3 is 5.97 Å². The van der Waals surface area contributed by atoms with Crippen LogP contribution >= 0.6 is 11.6 Å². The maximum atomic E-state index is 12.4. The lowest BCUT2D eigenvalue weighted by molar-refractivity contribution is -0.162. The van der Waals surface area contributed by atoms with E-state index in [-0.39, 0.29) is 25.1 Å². The lowest BCUT2D eigenvalue weighted by Gasteiger charge is -2.39. The number of aliphatic hydroxyl groups is 1. The Morgan fingerprint density at radius 1 is 1.23 bits per heavy atom. The minimum atomic E-state index is -0.478. The van der Waals surface area contributed by atoms with E-state index in [9.17, 15) is 9.90 Å². The summed E-state index contributed by atoms with van der Waals surface area (Å²) in [5.74, 6) is 0.981. The van der Waals surface area contributed by atoms with Gasteiger partial charge in [-0.1, -0.05) is 29.2 Å². The van der Waals surface area contributed by atoms with Crippen LogP contribution in [0, 0.1) is 0 Å². The first-order chi connectivity index (χ1) is 14.6. The molecule has 0 unspecified atom stereocenters. The summed E-state index contributed by atoms with van der Waals surface area (Å²) in [6.07, 6.45) is 8.77. The number of fused-ring (bicyclic) bond motifs is 1. The van der Waals surface area contributed by atoms with Crippen molar-refractivity contribution in [2.24, 2.45) is 5.16 Å². The molecule has 0 radical (unpaired) electrons. The van der Waals surface area contributed by atoms with Gasteiger partial charge in [0, 0.05) is 18.2 Å². The average Bonchev–Trinajstić information content (AvgIpc) is 3.20. The molecule has 3 aliphatic rings. The number of unbranched alkanes of at least 4 members (excludes halogenated alkanes) is 1. The molecule has 1 spiro atoms. The Hall–Kier alpha value is -2.41. The molecule has 0 saturated heterocycles. The van der Waals surface area contributed by atoms with E-state index in [1.54, 1.807) is 12.3 Å². The molecule has 0 atom stereocenters. The van der Waals surface area contributed by atoms with E-state index in [1.807, 2.05) is 6.07 Å². The van der Waals surface area contributed by atoms with Crippen LogP contribution in [0.1, 0.15) is 63.4 Å². The molecular weight excluding hydrogens is 410 g/mol. The second-order valence-electron chi connectivity index (χ2n) is 7.96. The Balaban J connectivity index is 1.21. The normalized spacial score (nSPS) is 20.1. The molecule has 0 aromatic heterocycles. The van der Waals surface area contributed by atoms with Crippen LogP contribution in [0.25, 0.3) is 0 Å². The van der Waals surface area contributed by atoms with Gasteiger partial charge in [-0.15, -0.1) is 0 Å². The first kappa shape index (κ1) is 20.8. The van der Waals surface area contributed by atoms with Crippen molar-refractivity contribution in [1.29, 1.82) is 0 Å². The third-order valence-electron chi connectivity index (χ3n) is 5.85. The lowest BCUT2D eigenvalue weighted by Crippen LogP contribution is -2.41. The third-order valence-corrected chi connectivity index (χ3v) is 6.26. The largest absolute Gasteiger partial charge is 0.512 e. The number of carbonyl (C=O) groups excluding carboxylic acids is 1. The Kier molecular flexibility index (Phi) is 6.37. The third kappa shape index (κ3) is 4.51. The predicted octanol–water partition coefficient (Wildman–Crippen LogP) is 5.20. The van der Waals surface area contributed by atoms with Gasteiger partial charge in [-0.2, -0.15) is 0 Å². The quantitative estimate of drug-likeness (QED) is 0.274. The predicted molar refractivity (Wildman–Crippen MR) is 111 cm³/mol. The van der Waals surface area contributed by atoms with Crippen molar-refractivity contribution in [1.82, 2.24) is 0 Å². The number of nitrogens with zero attached hydrogens (tertiary/aromatic N) is 1. The number of hydrogen-bond donors (Lipinski definition) is 1. The van der Waals surface area contributed by atoms with Gasteiger partial charge in [0.25, 0.3) is 0 Å². The first-order valence-corrected chi connectivity index (χ1v) is 10.8. The summed E-state index contributed by atoms with van der Waals surface area (Å²) >= 11 is 6.27. The molecule has 8 heteroatoms. The van der Waals surface area contributed by atoms with E-state index in [4.69, 9.17) is 30.6 Å². The molecule has 4 rings (SSSR count). The molecule has 0 bridgehead atoms. The first-order valence-electron chi connectivity index (χ1n) is 10.4. The van der Waals surface area contributed by atoms with E-state index < -0.39 is 5.60 Å². The molecule has 1 aromatic carbocycles. The number of rotatable bonds is 7. The fraction of sp³-hybridized carbons (Fsp3) is 0.545. The molecule has 162 valence electrons. The van der Waals surface area contributed by atoms with Crippen molar-refractivity contribution < 1.29 is 28.9 Å². The zero-order valence-corrected chi connectivity index (χ0v) is 17.6. The number of aliphatic hydroxyl groups excluding tert-OH is 1. The van der Waals surface area contributed by atoms with E-state index in [2.05, 4.69) is 5.16 Å². The minimum absolute atomic E-state index is 0.165. The average molecular weight is 436 g/mol. The van der Waals surface area contributed by atoms with Crippen LogP contribution in [-0.4, -0.2) is 29.7 Å². The van der Waals surface area contributed by atoms with Gasteiger partial charge in [-0.05, 0) is 51.0 Å². The van der Waals surface area contributed by atoms with Crippen molar-refractivity contribution in [2.45, 2.75) is 70.0 Å². The van der Waals surface area contributed by atoms with Gasteiger partial charge in [0.2, 0.25) is 6.79 Å².